The Hall–Kier alpha value is -3.26. The van der Waals surface area contributed by atoms with Crippen molar-refractivity contribution in [1.82, 2.24) is 4.90 Å². The van der Waals surface area contributed by atoms with Crippen LogP contribution in [0.3, 0.4) is 0 Å². The first-order valence-electron chi connectivity index (χ1n) is 9.66. The number of carboxylic acid groups (broad SMARTS) is 1. The van der Waals surface area contributed by atoms with E-state index < -0.39 is 5.97 Å². The summed E-state index contributed by atoms with van der Waals surface area (Å²) in [7, 11) is 0. The maximum atomic E-state index is 12.8. The van der Waals surface area contributed by atoms with Crippen LogP contribution in [0.2, 0.25) is 0 Å². The monoisotopic (exact) mass is 374 g/mol. The lowest BCUT2D eigenvalue weighted by Gasteiger charge is -2.28. The highest BCUT2D eigenvalue weighted by Gasteiger charge is 2.21. The fraction of sp³-hybridized carbons (Fsp3) is 0.304. The second-order valence-electron chi connectivity index (χ2n) is 7.14. The molecule has 0 radical (unpaired) electrons. The Morgan fingerprint density at radius 3 is 2.32 bits per heavy atom. The van der Waals surface area contributed by atoms with Crippen LogP contribution >= 0.6 is 0 Å². The minimum Gasteiger partial charge on any atom is -0.478 e. The smallest absolute Gasteiger partial charge is 0.335 e. The zero-order chi connectivity index (χ0) is 19.5. The van der Waals surface area contributed by atoms with Crippen LogP contribution in [0.25, 0.3) is 0 Å². The number of carbonyl (C=O) groups excluding carboxylic acids is 1. The van der Waals surface area contributed by atoms with Crippen molar-refractivity contribution >= 4 is 23.3 Å². The molecule has 1 amide bonds. The van der Waals surface area contributed by atoms with E-state index in [4.69, 9.17) is 5.11 Å². The van der Waals surface area contributed by atoms with Gasteiger partial charge in [0.05, 0.1) is 11.3 Å². The number of fused-ring (bicyclic) bond motifs is 1. The maximum Gasteiger partial charge on any atom is 0.335 e. The quantitative estimate of drug-likeness (QED) is 0.828. The highest BCUT2D eigenvalue weighted by atomic mass is 16.4. The first-order valence-corrected chi connectivity index (χ1v) is 9.66. The summed E-state index contributed by atoms with van der Waals surface area (Å²) in [6.45, 7) is 2.36. The van der Waals surface area contributed by atoms with Crippen molar-refractivity contribution in [3.05, 3.63) is 59.2 Å². The van der Waals surface area contributed by atoms with E-state index in [0.717, 1.165) is 42.9 Å². The number of amides is 1. The Kier molecular flexibility index (Phi) is 5.03. The van der Waals surface area contributed by atoms with Crippen LogP contribution in [-0.2, 0) is 0 Å². The third kappa shape index (κ3) is 3.59. The van der Waals surface area contributed by atoms with Crippen molar-refractivity contribution in [1.29, 1.82) is 0 Å². The highest BCUT2D eigenvalue weighted by Crippen LogP contribution is 2.31. The summed E-state index contributed by atoms with van der Waals surface area (Å²) in [5.41, 5.74) is 3.63. The van der Waals surface area contributed by atoms with Gasteiger partial charge in [0.15, 0.2) is 0 Å². The molecule has 1 fully saturated rings. The van der Waals surface area contributed by atoms with Gasteiger partial charge in [0.2, 0.25) is 0 Å². The van der Waals surface area contributed by atoms with Gasteiger partial charge in [-0.1, -0.05) is 11.8 Å². The third-order valence-electron chi connectivity index (χ3n) is 5.29. The zero-order valence-electron chi connectivity index (χ0n) is 15.6. The summed E-state index contributed by atoms with van der Waals surface area (Å²) in [5.74, 6) is 5.50. The van der Waals surface area contributed by atoms with Gasteiger partial charge in [0, 0.05) is 42.9 Å². The molecule has 2 aromatic rings. The molecular weight excluding hydrogens is 352 g/mol. The second-order valence-corrected chi connectivity index (χ2v) is 7.14. The number of hydrogen-bond donors (Lipinski definition) is 1. The number of anilines is 2. The van der Waals surface area contributed by atoms with E-state index in [-0.39, 0.29) is 11.5 Å². The van der Waals surface area contributed by atoms with Gasteiger partial charge in [-0.25, -0.2) is 4.79 Å². The first kappa shape index (κ1) is 18.1. The Morgan fingerprint density at radius 1 is 0.893 bits per heavy atom. The van der Waals surface area contributed by atoms with Crippen LogP contribution in [0.4, 0.5) is 11.4 Å². The van der Waals surface area contributed by atoms with Crippen LogP contribution in [-0.4, -0.2) is 41.5 Å². The van der Waals surface area contributed by atoms with Gasteiger partial charge in [-0.05, 0) is 61.7 Å². The number of piperidine rings is 1. The van der Waals surface area contributed by atoms with E-state index in [1.807, 2.05) is 35.2 Å². The van der Waals surface area contributed by atoms with Gasteiger partial charge in [0.1, 0.15) is 0 Å². The molecule has 0 unspecified atom stereocenters. The van der Waals surface area contributed by atoms with Gasteiger partial charge in [-0.15, -0.1) is 0 Å². The summed E-state index contributed by atoms with van der Waals surface area (Å²) >= 11 is 0. The molecule has 2 heterocycles. The van der Waals surface area contributed by atoms with Crippen LogP contribution in [0.1, 0.15) is 52.0 Å². The fourth-order valence-corrected chi connectivity index (χ4v) is 3.78. The molecule has 0 bridgehead atoms. The normalized spacial score (nSPS) is 15.9. The highest BCUT2D eigenvalue weighted by molar-refractivity contribution is 5.95. The predicted octanol–water partition coefficient (Wildman–Crippen LogP) is 3.90. The van der Waals surface area contributed by atoms with Crippen molar-refractivity contribution in [2.45, 2.75) is 25.7 Å². The lowest BCUT2D eigenvalue weighted by Crippen LogP contribution is -2.35. The molecular formula is C23H22N2O3. The van der Waals surface area contributed by atoms with Crippen LogP contribution < -0.4 is 4.90 Å². The van der Waals surface area contributed by atoms with Crippen molar-refractivity contribution in [3.8, 4) is 11.8 Å². The summed E-state index contributed by atoms with van der Waals surface area (Å²) in [5, 5.41) is 9.11. The van der Waals surface area contributed by atoms with Gasteiger partial charge in [0.25, 0.3) is 5.91 Å². The van der Waals surface area contributed by atoms with Crippen LogP contribution in [0.5, 0.6) is 0 Å². The molecule has 28 heavy (non-hydrogen) atoms. The lowest BCUT2D eigenvalue weighted by atomic mass is 10.0. The molecule has 0 atom stereocenters. The van der Waals surface area contributed by atoms with Gasteiger partial charge >= 0.3 is 5.97 Å². The topological polar surface area (TPSA) is 60.9 Å². The number of carboxylic acids is 1. The van der Waals surface area contributed by atoms with Crippen LogP contribution in [0, 0.1) is 11.8 Å². The average molecular weight is 374 g/mol. The van der Waals surface area contributed by atoms with E-state index in [0.29, 0.717) is 18.5 Å². The van der Waals surface area contributed by atoms with Crippen molar-refractivity contribution in [2.75, 3.05) is 24.5 Å². The summed E-state index contributed by atoms with van der Waals surface area (Å²) in [4.78, 5) is 28.0. The van der Waals surface area contributed by atoms with Gasteiger partial charge in [-0.3, -0.25) is 4.79 Å². The third-order valence-corrected chi connectivity index (χ3v) is 5.29. The molecule has 0 saturated carbocycles. The maximum absolute atomic E-state index is 12.8. The number of rotatable bonds is 3. The molecule has 0 aromatic heterocycles. The summed E-state index contributed by atoms with van der Waals surface area (Å²) < 4.78 is 0. The minimum atomic E-state index is -0.938. The molecule has 1 saturated heterocycles. The summed E-state index contributed by atoms with van der Waals surface area (Å²) in [6.07, 6.45) is 4.02. The largest absolute Gasteiger partial charge is 0.478 e. The number of aromatic carboxylic acids is 1. The van der Waals surface area contributed by atoms with Crippen molar-refractivity contribution in [3.63, 3.8) is 0 Å². The molecule has 0 aliphatic carbocycles. The number of benzene rings is 2. The Morgan fingerprint density at radius 2 is 1.61 bits per heavy atom. The molecule has 1 N–H and O–H groups in total. The Labute approximate surface area is 164 Å². The number of carbonyl (C=O) groups is 2. The van der Waals surface area contributed by atoms with Gasteiger partial charge in [-0.2, -0.15) is 0 Å². The molecule has 142 valence electrons. The molecule has 0 spiro atoms. The zero-order valence-corrected chi connectivity index (χ0v) is 15.6. The average Bonchev–Trinajstić information content (AvgIpc) is 2.96. The molecule has 2 aromatic carbocycles. The van der Waals surface area contributed by atoms with E-state index in [1.54, 1.807) is 12.1 Å². The van der Waals surface area contributed by atoms with Gasteiger partial charge < -0.3 is 14.9 Å². The predicted molar refractivity (Wildman–Crippen MR) is 108 cm³/mol. The first-order chi connectivity index (χ1) is 13.6. The van der Waals surface area contributed by atoms with Crippen LogP contribution in [0.15, 0.2) is 42.5 Å². The molecule has 5 heteroatoms. The standard InChI is InChI=1S/C23H22N2O3/c26-22(24-13-3-1-4-14-24)19-9-12-21-18(16-19)6-2-5-15-25(21)20-10-7-17(8-11-20)23(27)28/h7-12,16H,1,3-5,13-15H2,(H,27,28). The molecule has 4 rings (SSSR count). The molecule has 5 nitrogen and oxygen atoms in total. The summed E-state index contributed by atoms with van der Waals surface area (Å²) in [6, 6.07) is 12.6. The lowest BCUT2D eigenvalue weighted by molar-refractivity contribution is 0.0694. The van der Waals surface area contributed by atoms with E-state index >= 15 is 0 Å². The SMILES string of the molecule is O=C(O)c1ccc(N2CCC#Cc3cc(C(=O)N4CCCCC4)ccc32)cc1. The number of likely N-dealkylation sites (tertiary alicyclic amines) is 1. The fourth-order valence-electron chi connectivity index (χ4n) is 3.78. The van der Waals surface area contributed by atoms with E-state index in [9.17, 15) is 9.59 Å². The second kappa shape index (κ2) is 7.77. The number of nitrogens with zero attached hydrogens (tertiary/aromatic N) is 2. The number of hydrogen-bond acceptors (Lipinski definition) is 3. The minimum absolute atomic E-state index is 0.0749. The molecule has 2 aliphatic rings. The van der Waals surface area contributed by atoms with Crippen molar-refractivity contribution < 1.29 is 14.7 Å². The molecule has 2 aliphatic heterocycles. The Balaban J connectivity index is 1.64. The van der Waals surface area contributed by atoms with E-state index in [1.165, 1.54) is 6.42 Å². The van der Waals surface area contributed by atoms with Crippen molar-refractivity contribution in [2.24, 2.45) is 0 Å². The Bertz CT molecular complexity index is 964. The van der Waals surface area contributed by atoms with E-state index in [2.05, 4.69) is 16.7 Å².